The summed E-state index contributed by atoms with van der Waals surface area (Å²) in [6.45, 7) is -0.328. The summed E-state index contributed by atoms with van der Waals surface area (Å²) in [6, 6.07) is 2.49. The van der Waals surface area contributed by atoms with Crippen LogP contribution < -0.4 is 16.0 Å². The fourth-order valence-electron chi connectivity index (χ4n) is 3.99. The Labute approximate surface area is 158 Å². The van der Waals surface area contributed by atoms with E-state index in [2.05, 4.69) is 5.32 Å². The van der Waals surface area contributed by atoms with E-state index in [4.69, 9.17) is 5.73 Å². The normalized spacial score (nSPS) is 27.1. The first-order chi connectivity index (χ1) is 13.2. The largest absolute Gasteiger partial charge is 0.364 e. The Balaban J connectivity index is 1.63. The Kier molecular flexibility index (Phi) is 4.18. The second-order valence-corrected chi connectivity index (χ2v) is 7.38. The summed E-state index contributed by atoms with van der Waals surface area (Å²) >= 11 is 0. The number of amides is 4. The van der Waals surface area contributed by atoms with Gasteiger partial charge in [-0.15, -0.1) is 0 Å². The van der Waals surface area contributed by atoms with Crippen molar-refractivity contribution in [3.05, 3.63) is 29.3 Å². The number of nitrogens with one attached hydrogen (secondary N) is 1. The molecule has 3 N–H and O–H groups in total. The summed E-state index contributed by atoms with van der Waals surface area (Å²) in [5, 5.41) is 2.12. The zero-order chi connectivity index (χ0) is 20.2. The fraction of sp³-hybridized carbons (Fsp3) is 0.444. The molecule has 0 bridgehead atoms. The summed E-state index contributed by atoms with van der Waals surface area (Å²) in [4.78, 5) is 51.1. The molecule has 0 spiro atoms. The van der Waals surface area contributed by atoms with Gasteiger partial charge in [0.25, 0.3) is 17.7 Å². The third-order valence-electron chi connectivity index (χ3n) is 5.23. The number of nitrogens with zero attached hydrogens (tertiary/aromatic N) is 2. The van der Waals surface area contributed by atoms with Crippen molar-refractivity contribution in [1.29, 1.82) is 0 Å². The Hall–Kier alpha value is -2.88. The van der Waals surface area contributed by atoms with E-state index in [1.165, 1.54) is 23.1 Å². The predicted octanol–water partition coefficient (Wildman–Crippen LogP) is 0.260. The molecule has 0 aromatic heterocycles. The van der Waals surface area contributed by atoms with Crippen molar-refractivity contribution in [1.82, 2.24) is 10.2 Å². The topological polar surface area (TPSA) is 113 Å². The van der Waals surface area contributed by atoms with Gasteiger partial charge in [0, 0.05) is 31.1 Å². The Morgan fingerprint density at radius 1 is 1.11 bits per heavy atom. The molecular formula is C18H18F2N4O4. The minimum absolute atomic E-state index is 0.0236. The van der Waals surface area contributed by atoms with Crippen LogP contribution in [0.1, 0.15) is 40.0 Å². The lowest BCUT2D eigenvalue weighted by Crippen LogP contribution is -2.54. The summed E-state index contributed by atoms with van der Waals surface area (Å²) in [7, 11) is 0. The number of hydrogen-bond acceptors (Lipinski definition) is 6. The quantitative estimate of drug-likeness (QED) is 0.699. The summed E-state index contributed by atoms with van der Waals surface area (Å²) in [6.07, 6.45) is -0.332. The van der Waals surface area contributed by atoms with Crippen molar-refractivity contribution in [2.24, 2.45) is 5.73 Å². The highest BCUT2D eigenvalue weighted by Gasteiger charge is 2.45. The van der Waals surface area contributed by atoms with E-state index in [1.807, 2.05) is 0 Å². The zero-order valence-corrected chi connectivity index (χ0v) is 14.8. The van der Waals surface area contributed by atoms with Crippen LogP contribution in [0.5, 0.6) is 0 Å². The van der Waals surface area contributed by atoms with E-state index in [0.29, 0.717) is 5.69 Å². The fourth-order valence-corrected chi connectivity index (χ4v) is 3.99. The number of carbonyl (C=O) groups is 4. The number of alkyl halides is 2. The maximum Gasteiger partial charge on any atom is 0.266 e. The predicted molar refractivity (Wildman–Crippen MR) is 92.9 cm³/mol. The molecule has 4 rings (SSSR count). The van der Waals surface area contributed by atoms with Gasteiger partial charge in [0.05, 0.1) is 17.7 Å². The van der Waals surface area contributed by atoms with Gasteiger partial charge in [-0.3, -0.25) is 29.4 Å². The van der Waals surface area contributed by atoms with Crippen LogP contribution >= 0.6 is 0 Å². The van der Waals surface area contributed by atoms with Crippen LogP contribution in [-0.4, -0.2) is 59.6 Å². The van der Waals surface area contributed by atoms with Crippen molar-refractivity contribution < 1.29 is 28.0 Å². The highest BCUT2D eigenvalue weighted by atomic mass is 19.3. The second kappa shape index (κ2) is 6.33. The van der Waals surface area contributed by atoms with E-state index in [1.54, 1.807) is 0 Å². The molecule has 2 saturated heterocycles. The van der Waals surface area contributed by atoms with E-state index < -0.39 is 54.6 Å². The molecule has 2 atom stereocenters. The minimum atomic E-state index is -2.95. The number of fused-ring (bicyclic) bond motifs is 1. The maximum atomic E-state index is 13.9. The van der Waals surface area contributed by atoms with Crippen LogP contribution in [0.2, 0.25) is 0 Å². The van der Waals surface area contributed by atoms with Crippen LogP contribution in [0.25, 0.3) is 0 Å². The molecule has 4 amide bonds. The Morgan fingerprint density at radius 2 is 1.82 bits per heavy atom. The molecule has 0 aliphatic carbocycles. The average Bonchev–Trinajstić information content (AvgIpc) is 2.84. The van der Waals surface area contributed by atoms with Gasteiger partial charge >= 0.3 is 0 Å². The van der Waals surface area contributed by atoms with E-state index in [-0.39, 0.29) is 30.5 Å². The zero-order valence-electron chi connectivity index (χ0n) is 14.8. The lowest BCUT2D eigenvalue weighted by Gasteiger charge is -2.37. The molecular weight excluding hydrogens is 374 g/mol. The summed E-state index contributed by atoms with van der Waals surface area (Å²) in [5.41, 5.74) is 6.24. The molecule has 28 heavy (non-hydrogen) atoms. The second-order valence-electron chi connectivity index (χ2n) is 7.38. The summed E-state index contributed by atoms with van der Waals surface area (Å²) < 4.78 is 27.7. The van der Waals surface area contributed by atoms with Gasteiger partial charge in [-0.25, -0.2) is 8.78 Å². The summed E-state index contributed by atoms with van der Waals surface area (Å²) in [5.74, 6) is -5.42. The molecule has 3 aliphatic rings. The van der Waals surface area contributed by atoms with E-state index in [9.17, 15) is 28.0 Å². The molecule has 1 aromatic rings. The maximum absolute atomic E-state index is 13.9. The molecule has 1 aromatic carbocycles. The van der Waals surface area contributed by atoms with Crippen LogP contribution in [-0.2, 0) is 9.59 Å². The van der Waals surface area contributed by atoms with E-state index >= 15 is 0 Å². The van der Waals surface area contributed by atoms with Crippen molar-refractivity contribution in [2.45, 2.75) is 37.3 Å². The number of rotatable bonds is 2. The number of carbonyl (C=O) groups excluding carboxylic acids is 4. The molecule has 2 fully saturated rings. The van der Waals surface area contributed by atoms with Gasteiger partial charge < -0.3 is 10.6 Å². The molecule has 2 unspecified atom stereocenters. The van der Waals surface area contributed by atoms with Crippen molar-refractivity contribution in [3.8, 4) is 0 Å². The number of anilines is 1. The number of piperidine rings is 2. The Morgan fingerprint density at radius 3 is 2.50 bits per heavy atom. The molecule has 148 valence electrons. The average molecular weight is 392 g/mol. The first-order valence-corrected chi connectivity index (χ1v) is 8.90. The first kappa shape index (κ1) is 18.5. The van der Waals surface area contributed by atoms with Crippen LogP contribution in [0.15, 0.2) is 18.2 Å². The lowest BCUT2D eigenvalue weighted by molar-refractivity contribution is -0.136. The number of nitrogens with two attached hydrogens (primary N) is 1. The molecule has 3 aliphatic heterocycles. The lowest BCUT2D eigenvalue weighted by atomic mass is 10.0. The van der Waals surface area contributed by atoms with Crippen molar-refractivity contribution in [3.63, 3.8) is 0 Å². The molecule has 8 nitrogen and oxygen atoms in total. The molecule has 10 heteroatoms. The number of benzene rings is 1. The van der Waals surface area contributed by atoms with Crippen LogP contribution in [0.3, 0.4) is 0 Å². The first-order valence-electron chi connectivity index (χ1n) is 8.90. The van der Waals surface area contributed by atoms with Gasteiger partial charge in [0.2, 0.25) is 11.8 Å². The van der Waals surface area contributed by atoms with Gasteiger partial charge in [-0.05, 0) is 24.6 Å². The van der Waals surface area contributed by atoms with Crippen molar-refractivity contribution >= 4 is 29.3 Å². The Bertz CT molecular complexity index is 904. The third-order valence-corrected chi connectivity index (χ3v) is 5.23. The molecule has 0 saturated carbocycles. The monoisotopic (exact) mass is 392 g/mol. The van der Waals surface area contributed by atoms with Crippen molar-refractivity contribution in [2.75, 3.05) is 18.0 Å². The number of hydrogen-bond donors (Lipinski definition) is 2. The third kappa shape index (κ3) is 3.03. The number of imide groups is 2. The van der Waals surface area contributed by atoms with Gasteiger partial charge in [0.15, 0.2) is 0 Å². The van der Waals surface area contributed by atoms with Gasteiger partial charge in [-0.1, -0.05) is 0 Å². The van der Waals surface area contributed by atoms with Gasteiger partial charge in [0.1, 0.15) is 6.04 Å². The highest BCUT2D eigenvalue weighted by molar-refractivity contribution is 6.23. The standard InChI is InChI=1S/C18H18F2N4O4/c19-18(20)6-9(21)7-23(8-18)10-1-2-11-12(5-10)17(28)24(16(11)27)13-3-4-14(25)22-15(13)26/h1-2,5,9,13H,3-4,6-8,21H2,(H,22,25,26). The van der Waals surface area contributed by atoms with Crippen LogP contribution in [0, 0.1) is 0 Å². The molecule has 0 radical (unpaired) electrons. The SMILES string of the molecule is NC1CN(c2ccc3c(c2)C(=O)N(C2CCC(=O)NC2=O)C3=O)CC(F)(F)C1. The van der Waals surface area contributed by atoms with Gasteiger partial charge in [-0.2, -0.15) is 0 Å². The smallest absolute Gasteiger partial charge is 0.266 e. The van der Waals surface area contributed by atoms with Crippen LogP contribution in [0.4, 0.5) is 14.5 Å². The minimum Gasteiger partial charge on any atom is -0.364 e. The number of halogens is 2. The van der Waals surface area contributed by atoms with E-state index in [0.717, 1.165) is 4.90 Å². The molecule has 3 heterocycles. The highest BCUT2D eigenvalue weighted by Crippen LogP contribution is 2.34.